The highest BCUT2D eigenvalue weighted by Crippen LogP contribution is 1.96. The van der Waals surface area contributed by atoms with Crippen molar-refractivity contribution in [2.24, 2.45) is 0 Å². The number of likely N-dealkylation sites (N-methyl/N-ethyl adjacent to an activating group) is 1. The van der Waals surface area contributed by atoms with Gasteiger partial charge in [0.25, 0.3) is 0 Å². The van der Waals surface area contributed by atoms with E-state index < -0.39 is 12.1 Å². The zero-order valence-corrected chi connectivity index (χ0v) is 9.48. The van der Waals surface area contributed by atoms with E-state index in [2.05, 4.69) is 0 Å². The van der Waals surface area contributed by atoms with Gasteiger partial charge in [-0.1, -0.05) is 6.92 Å². The largest absolute Gasteiger partial charge is 0.481 e. The molecule has 0 heterocycles. The second kappa shape index (κ2) is 8.64. The van der Waals surface area contributed by atoms with Gasteiger partial charge in [-0.25, -0.2) is 0 Å². The van der Waals surface area contributed by atoms with Gasteiger partial charge in [-0.2, -0.15) is 0 Å². The summed E-state index contributed by atoms with van der Waals surface area (Å²) in [6.45, 7) is 6.36. The van der Waals surface area contributed by atoms with Crippen molar-refractivity contribution in [3.8, 4) is 0 Å². The number of rotatable bonds is 9. The molecule has 0 aliphatic carbocycles. The quantitative estimate of drug-likeness (QED) is 0.579. The molecular formula is C10H21NO4. The third-order valence-corrected chi connectivity index (χ3v) is 2.07. The first-order chi connectivity index (χ1) is 7.10. The lowest BCUT2D eigenvalue weighted by Crippen LogP contribution is -2.36. The number of carboxylic acids is 1. The molecule has 0 aromatic carbocycles. The normalized spacial score (nSPS) is 13.1. The first-order valence-electron chi connectivity index (χ1n) is 5.30. The summed E-state index contributed by atoms with van der Waals surface area (Å²) in [5.41, 5.74) is 0. The minimum Gasteiger partial charge on any atom is -0.481 e. The highest BCUT2D eigenvalue weighted by molar-refractivity contribution is 5.66. The summed E-state index contributed by atoms with van der Waals surface area (Å²) in [6.07, 6.45) is -0.437. The lowest BCUT2D eigenvalue weighted by Gasteiger charge is -2.22. The first kappa shape index (κ1) is 14.3. The van der Waals surface area contributed by atoms with Gasteiger partial charge in [-0.15, -0.1) is 0 Å². The maximum Gasteiger partial charge on any atom is 0.304 e. The van der Waals surface area contributed by atoms with Crippen LogP contribution >= 0.6 is 0 Å². The monoisotopic (exact) mass is 219 g/mol. The third-order valence-electron chi connectivity index (χ3n) is 2.07. The van der Waals surface area contributed by atoms with Crippen molar-refractivity contribution in [3.05, 3.63) is 0 Å². The van der Waals surface area contributed by atoms with Crippen LogP contribution in [0.25, 0.3) is 0 Å². The zero-order chi connectivity index (χ0) is 11.7. The highest BCUT2D eigenvalue weighted by Gasteiger charge is 2.11. The number of carbonyl (C=O) groups is 1. The van der Waals surface area contributed by atoms with E-state index >= 15 is 0 Å². The van der Waals surface area contributed by atoms with E-state index in [0.717, 1.165) is 6.54 Å². The van der Waals surface area contributed by atoms with Gasteiger partial charge in [0.05, 0.1) is 19.1 Å². The molecule has 0 saturated carbocycles. The second-order valence-corrected chi connectivity index (χ2v) is 3.35. The molecule has 0 amide bonds. The summed E-state index contributed by atoms with van der Waals surface area (Å²) >= 11 is 0. The Balaban J connectivity index is 3.71. The topological polar surface area (TPSA) is 70.0 Å². The van der Waals surface area contributed by atoms with E-state index in [1.54, 1.807) is 0 Å². The molecule has 0 fully saturated rings. The molecule has 5 heteroatoms. The Hall–Kier alpha value is -0.650. The standard InChI is InChI=1S/C10H21NO4/c1-3-11(6-5-10(13)14)7-9(12)8-15-4-2/h9,12H,3-8H2,1-2H3,(H,13,14). The van der Waals surface area contributed by atoms with Gasteiger partial charge in [0.2, 0.25) is 0 Å². The molecule has 0 bridgehead atoms. The van der Waals surface area contributed by atoms with Crippen LogP contribution in [-0.2, 0) is 9.53 Å². The fourth-order valence-electron chi connectivity index (χ4n) is 1.24. The summed E-state index contributed by atoms with van der Waals surface area (Å²) in [4.78, 5) is 12.3. The molecule has 0 radical (unpaired) electrons. The predicted molar refractivity (Wildman–Crippen MR) is 56.9 cm³/mol. The second-order valence-electron chi connectivity index (χ2n) is 3.35. The van der Waals surface area contributed by atoms with Crippen LogP contribution < -0.4 is 0 Å². The average molecular weight is 219 g/mol. The summed E-state index contributed by atoms with van der Waals surface area (Å²) in [7, 11) is 0. The molecule has 0 saturated heterocycles. The Kier molecular flexibility index (Phi) is 8.27. The maximum atomic E-state index is 10.4. The number of aliphatic hydroxyl groups is 1. The fourth-order valence-corrected chi connectivity index (χ4v) is 1.24. The van der Waals surface area contributed by atoms with Gasteiger partial charge >= 0.3 is 5.97 Å². The molecule has 1 atom stereocenters. The minimum atomic E-state index is -0.812. The third kappa shape index (κ3) is 8.35. The zero-order valence-electron chi connectivity index (χ0n) is 9.48. The van der Waals surface area contributed by atoms with Gasteiger partial charge in [-0.3, -0.25) is 4.79 Å². The first-order valence-corrected chi connectivity index (χ1v) is 5.30. The summed E-state index contributed by atoms with van der Waals surface area (Å²) < 4.78 is 5.07. The maximum absolute atomic E-state index is 10.4. The molecule has 0 spiro atoms. The van der Waals surface area contributed by atoms with Crippen molar-refractivity contribution >= 4 is 5.97 Å². The SMILES string of the molecule is CCOCC(O)CN(CC)CCC(=O)O. The Bertz CT molecular complexity index is 175. The van der Waals surface area contributed by atoms with Crippen molar-refractivity contribution in [1.82, 2.24) is 4.90 Å². The molecule has 0 aliphatic heterocycles. The van der Waals surface area contributed by atoms with Gasteiger partial charge in [0, 0.05) is 19.7 Å². The summed E-state index contributed by atoms with van der Waals surface area (Å²) in [6, 6.07) is 0. The van der Waals surface area contributed by atoms with Crippen LogP contribution in [0.3, 0.4) is 0 Å². The van der Waals surface area contributed by atoms with Gasteiger partial charge in [0.15, 0.2) is 0 Å². The molecule has 0 aromatic heterocycles. The van der Waals surface area contributed by atoms with Crippen LogP contribution in [0.2, 0.25) is 0 Å². The molecule has 0 aromatic rings. The van der Waals surface area contributed by atoms with E-state index in [4.69, 9.17) is 9.84 Å². The van der Waals surface area contributed by atoms with Gasteiger partial charge < -0.3 is 19.8 Å². The van der Waals surface area contributed by atoms with Crippen LogP contribution in [0.4, 0.5) is 0 Å². The molecular weight excluding hydrogens is 198 g/mol. The number of hydrogen-bond donors (Lipinski definition) is 2. The van der Waals surface area contributed by atoms with E-state index in [9.17, 15) is 9.90 Å². The van der Waals surface area contributed by atoms with Crippen molar-refractivity contribution in [1.29, 1.82) is 0 Å². The van der Waals surface area contributed by atoms with E-state index in [1.807, 2.05) is 18.7 Å². The number of aliphatic hydroxyl groups excluding tert-OH is 1. The molecule has 2 N–H and O–H groups in total. The van der Waals surface area contributed by atoms with Crippen LogP contribution in [0.1, 0.15) is 20.3 Å². The molecule has 90 valence electrons. The lowest BCUT2D eigenvalue weighted by atomic mass is 10.3. The van der Waals surface area contributed by atoms with Crippen molar-refractivity contribution in [2.45, 2.75) is 26.4 Å². The minimum absolute atomic E-state index is 0.106. The number of carboxylic acid groups (broad SMARTS) is 1. The number of aliphatic carboxylic acids is 1. The van der Waals surface area contributed by atoms with E-state index in [0.29, 0.717) is 26.3 Å². The Morgan fingerprint density at radius 1 is 1.47 bits per heavy atom. The summed E-state index contributed by atoms with van der Waals surface area (Å²) in [5.74, 6) is -0.812. The van der Waals surface area contributed by atoms with Crippen LogP contribution in [0.15, 0.2) is 0 Å². The van der Waals surface area contributed by atoms with Crippen molar-refractivity contribution in [2.75, 3.05) is 32.8 Å². The van der Waals surface area contributed by atoms with Crippen molar-refractivity contribution in [3.63, 3.8) is 0 Å². The average Bonchev–Trinajstić information content (AvgIpc) is 2.20. The molecule has 1 unspecified atom stereocenters. The number of nitrogens with zero attached hydrogens (tertiary/aromatic N) is 1. The Morgan fingerprint density at radius 2 is 2.13 bits per heavy atom. The van der Waals surface area contributed by atoms with Crippen LogP contribution in [0, 0.1) is 0 Å². The number of hydrogen-bond acceptors (Lipinski definition) is 4. The van der Waals surface area contributed by atoms with Gasteiger partial charge in [-0.05, 0) is 13.5 Å². The highest BCUT2D eigenvalue weighted by atomic mass is 16.5. The van der Waals surface area contributed by atoms with Crippen molar-refractivity contribution < 1.29 is 19.7 Å². The Labute approximate surface area is 90.6 Å². The van der Waals surface area contributed by atoms with E-state index in [1.165, 1.54) is 0 Å². The molecule has 15 heavy (non-hydrogen) atoms. The smallest absolute Gasteiger partial charge is 0.304 e. The molecule has 0 rings (SSSR count). The fraction of sp³-hybridized carbons (Fsp3) is 0.900. The number of ether oxygens (including phenoxy) is 1. The van der Waals surface area contributed by atoms with E-state index in [-0.39, 0.29) is 6.42 Å². The molecule has 0 aliphatic rings. The predicted octanol–water partition coefficient (Wildman–Crippen LogP) is 0.180. The van der Waals surface area contributed by atoms with Crippen LogP contribution in [-0.4, -0.2) is 60.0 Å². The van der Waals surface area contributed by atoms with Crippen LogP contribution in [0.5, 0.6) is 0 Å². The summed E-state index contributed by atoms with van der Waals surface area (Å²) in [5, 5.41) is 18.1. The van der Waals surface area contributed by atoms with Gasteiger partial charge in [0.1, 0.15) is 0 Å². The molecule has 5 nitrogen and oxygen atoms in total. The lowest BCUT2D eigenvalue weighted by molar-refractivity contribution is -0.137. The Morgan fingerprint density at radius 3 is 2.60 bits per heavy atom.